The van der Waals surface area contributed by atoms with Gasteiger partial charge in [-0.05, 0) is 72.4 Å². The predicted molar refractivity (Wildman–Crippen MR) is 127 cm³/mol. The van der Waals surface area contributed by atoms with Crippen LogP contribution in [0.25, 0.3) is 11.8 Å². The maximum absolute atomic E-state index is 12.4. The zero-order chi connectivity index (χ0) is 21.3. The summed E-state index contributed by atoms with van der Waals surface area (Å²) in [6, 6.07) is 17.2. The largest absolute Gasteiger partial charge is 0.378 e. The fourth-order valence-electron chi connectivity index (χ4n) is 2.94. The van der Waals surface area contributed by atoms with E-state index in [1.807, 2.05) is 43.1 Å². The van der Waals surface area contributed by atoms with Crippen LogP contribution < -0.4 is 10.2 Å². The number of amidine groups is 1. The number of anilines is 1. The highest BCUT2D eigenvalue weighted by molar-refractivity contribution is 8.18. The summed E-state index contributed by atoms with van der Waals surface area (Å²) in [7, 11) is 4.02. The smallest absolute Gasteiger partial charge is 0.264 e. The summed E-state index contributed by atoms with van der Waals surface area (Å²) in [4.78, 5) is 19.5. The fraction of sp³-hybridized carbons (Fsp3) is 0.0909. The number of nitrogens with zero attached hydrogens (tertiary/aromatic N) is 3. The third kappa shape index (κ3) is 4.41. The van der Waals surface area contributed by atoms with Crippen molar-refractivity contribution in [2.45, 2.75) is 0 Å². The number of carbonyl (C=O) groups is 1. The van der Waals surface area contributed by atoms with Gasteiger partial charge in [-0.2, -0.15) is 0 Å². The van der Waals surface area contributed by atoms with Crippen LogP contribution in [0.15, 0.2) is 70.7 Å². The van der Waals surface area contributed by atoms with E-state index in [0.717, 1.165) is 17.1 Å². The van der Waals surface area contributed by atoms with Crippen LogP contribution >= 0.6 is 35.0 Å². The molecule has 0 bridgehead atoms. The maximum Gasteiger partial charge on any atom is 0.264 e. The van der Waals surface area contributed by atoms with Gasteiger partial charge in [0.05, 0.1) is 20.6 Å². The van der Waals surface area contributed by atoms with Gasteiger partial charge in [0.15, 0.2) is 5.17 Å². The number of benzene rings is 2. The highest BCUT2D eigenvalue weighted by Gasteiger charge is 2.24. The summed E-state index contributed by atoms with van der Waals surface area (Å²) in [6.45, 7) is 0. The van der Waals surface area contributed by atoms with E-state index in [2.05, 4.69) is 39.5 Å². The number of hydrogen-bond donors (Lipinski definition) is 1. The molecule has 152 valence electrons. The Morgan fingerprint density at radius 2 is 1.83 bits per heavy atom. The Morgan fingerprint density at radius 1 is 1.07 bits per heavy atom. The van der Waals surface area contributed by atoms with E-state index in [0.29, 0.717) is 25.8 Å². The average molecular weight is 457 g/mol. The van der Waals surface area contributed by atoms with E-state index in [4.69, 9.17) is 23.2 Å². The van der Waals surface area contributed by atoms with Crippen molar-refractivity contribution in [3.8, 4) is 5.69 Å². The number of aliphatic imine (C=N–C) groups is 1. The van der Waals surface area contributed by atoms with Crippen LogP contribution in [-0.4, -0.2) is 29.7 Å². The lowest BCUT2D eigenvalue weighted by Crippen LogP contribution is -2.19. The van der Waals surface area contributed by atoms with Crippen molar-refractivity contribution in [2.24, 2.45) is 4.99 Å². The molecule has 0 unspecified atom stereocenters. The van der Waals surface area contributed by atoms with Crippen molar-refractivity contribution in [3.63, 3.8) is 0 Å². The molecule has 0 saturated carbocycles. The Kier molecular flexibility index (Phi) is 5.90. The van der Waals surface area contributed by atoms with Crippen LogP contribution in [0.4, 0.5) is 11.4 Å². The van der Waals surface area contributed by atoms with Gasteiger partial charge in [-0.3, -0.25) is 4.79 Å². The highest BCUT2D eigenvalue weighted by Crippen LogP contribution is 2.31. The zero-order valence-corrected chi connectivity index (χ0v) is 18.6. The van der Waals surface area contributed by atoms with Gasteiger partial charge in [0, 0.05) is 37.4 Å². The van der Waals surface area contributed by atoms with Crippen LogP contribution in [0, 0.1) is 0 Å². The molecule has 0 spiro atoms. The van der Waals surface area contributed by atoms with E-state index in [9.17, 15) is 4.79 Å². The van der Waals surface area contributed by atoms with Gasteiger partial charge >= 0.3 is 0 Å². The molecule has 1 aliphatic heterocycles. The normalized spacial score (nSPS) is 16.3. The van der Waals surface area contributed by atoms with Gasteiger partial charge in [-0.1, -0.05) is 23.2 Å². The monoisotopic (exact) mass is 456 g/mol. The molecule has 30 heavy (non-hydrogen) atoms. The molecule has 2 aromatic carbocycles. The first-order valence-corrected chi connectivity index (χ1v) is 10.7. The average Bonchev–Trinajstić information content (AvgIpc) is 3.31. The van der Waals surface area contributed by atoms with Crippen molar-refractivity contribution in [3.05, 3.63) is 81.4 Å². The van der Waals surface area contributed by atoms with Gasteiger partial charge in [-0.15, -0.1) is 0 Å². The molecule has 4 rings (SSSR count). The number of amides is 1. The lowest BCUT2D eigenvalue weighted by Gasteiger charge is -2.13. The molecule has 1 amide bonds. The molecular weight excluding hydrogens is 439 g/mol. The second-order valence-electron chi connectivity index (χ2n) is 6.79. The first kappa shape index (κ1) is 20.6. The molecule has 1 fully saturated rings. The summed E-state index contributed by atoms with van der Waals surface area (Å²) in [5, 5.41) is 4.17. The van der Waals surface area contributed by atoms with Crippen molar-refractivity contribution < 1.29 is 4.79 Å². The van der Waals surface area contributed by atoms with Gasteiger partial charge in [-0.25, -0.2) is 4.99 Å². The standard InChI is InChI=1S/C22H18Cl2N4OS/c1-27(2)15-6-8-16(9-7-15)28-11-3-4-17(28)13-20-21(29)26-22(30-20)25-14-5-10-18(23)19(24)12-14/h3-13H,1-2H3,(H,25,26,29)/b20-13-. The molecule has 8 heteroatoms. The number of aromatic nitrogens is 1. The first-order chi connectivity index (χ1) is 14.4. The third-order valence-corrected chi connectivity index (χ3v) is 6.14. The number of halogens is 2. The molecule has 0 aliphatic carbocycles. The van der Waals surface area contributed by atoms with Crippen molar-refractivity contribution in [1.82, 2.24) is 9.88 Å². The van der Waals surface area contributed by atoms with Crippen LogP contribution in [0.3, 0.4) is 0 Å². The molecule has 2 heterocycles. The number of carbonyl (C=O) groups excluding carboxylic acids is 1. The fourth-order valence-corrected chi connectivity index (χ4v) is 4.06. The molecule has 0 radical (unpaired) electrons. The third-order valence-electron chi connectivity index (χ3n) is 4.49. The highest BCUT2D eigenvalue weighted by atomic mass is 35.5. The molecule has 0 atom stereocenters. The first-order valence-electron chi connectivity index (χ1n) is 9.10. The second kappa shape index (κ2) is 8.60. The van der Waals surface area contributed by atoms with E-state index < -0.39 is 0 Å². The van der Waals surface area contributed by atoms with Gasteiger partial charge in [0.1, 0.15) is 0 Å². The number of thioether (sulfide) groups is 1. The number of rotatable bonds is 4. The minimum atomic E-state index is -0.186. The van der Waals surface area contributed by atoms with E-state index in [1.54, 1.807) is 18.2 Å². The van der Waals surface area contributed by atoms with Crippen molar-refractivity contribution in [1.29, 1.82) is 0 Å². The number of hydrogen-bond acceptors (Lipinski definition) is 4. The molecule has 3 aromatic rings. The molecule has 1 saturated heterocycles. The van der Waals surface area contributed by atoms with E-state index >= 15 is 0 Å². The van der Waals surface area contributed by atoms with Crippen LogP contribution in [0.2, 0.25) is 10.0 Å². The minimum absolute atomic E-state index is 0.186. The topological polar surface area (TPSA) is 49.6 Å². The number of nitrogens with one attached hydrogen (secondary N) is 1. The Bertz CT molecular complexity index is 1170. The van der Waals surface area contributed by atoms with Crippen LogP contribution in [-0.2, 0) is 4.79 Å². The van der Waals surface area contributed by atoms with Crippen molar-refractivity contribution >= 4 is 63.5 Å². The summed E-state index contributed by atoms with van der Waals surface area (Å²) in [5.74, 6) is -0.186. The van der Waals surface area contributed by atoms with E-state index in [-0.39, 0.29) is 5.91 Å². The molecule has 1 N–H and O–H groups in total. The lowest BCUT2D eigenvalue weighted by molar-refractivity contribution is -0.115. The summed E-state index contributed by atoms with van der Waals surface area (Å²) in [5.41, 5.74) is 3.67. The molecule has 5 nitrogen and oxygen atoms in total. The Balaban J connectivity index is 1.59. The maximum atomic E-state index is 12.4. The van der Waals surface area contributed by atoms with Gasteiger partial charge in [0.2, 0.25) is 0 Å². The van der Waals surface area contributed by atoms with E-state index in [1.165, 1.54) is 11.8 Å². The molecular formula is C22H18Cl2N4OS. The lowest BCUT2D eigenvalue weighted by atomic mass is 10.2. The van der Waals surface area contributed by atoms with Crippen molar-refractivity contribution in [2.75, 3.05) is 19.0 Å². The summed E-state index contributed by atoms with van der Waals surface area (Å²) < 4.78 is 2.04. The summed E-state index contributed by atoms with van der Waals surface area (Å²) in [6.07, 6.45) is 3.83. The zero-order valence-electron chi connectivity index (χ0n) is 16.3. The quantitative estimate of drug-likeness (QED) is 0.509. The minimum Gasteiger partial charge on any atom is -0.378 e. The molecule has 1 aliphatic rings. The molecule has 1 aromatic heterocycles. The van der Waals surface area contributed by atoms with Gasteiger partial charge in [0.25, 0.3) is 5.91 Å². The summed E-state index contributed by atoms with van der Waals surface area (Å²) >= 11 is 13.3. The van der Waals surface area contributed by atoms with Crippen LogP contribution in [0.1, 0.15) is 5.69 Å². The Morgan fingerprint density at radius 3 is 2.53 bits per heavy atom. The second-order valence-corrected chi connectivity index (χ2v) is 8.64. The SMILES string of the molecule is CN(C)c1ccc(-n2cccc2/C=C2\SC(=Nc3ccc(Cl)c(Cl)c3)NC2=O)cc1. The van der Waals surface area contributed by atoms with Gasteiger partial charge < -0.3 is 14.8 Å². The van der Waals surface area contributed by atoms with Crippen LogP contribution in [0.5, 0.6) is 0 Å². The Labute approximate surface area is 189 Å². The Hall–Kier alpha value is -2.67. The predicted octanol–water partition coefficient (Wildman–Crippen LogP) is 5.74.